The topological polar surface area (TPSA) is 44.0 Å². The molecule has 1 atom stereocenters. The molecular formula is C15H28N4. The molecule has 2 rings (SSSR count). The molecule has 2 N–H and O–H groups in total. The van der Waals surface area contributed by atoms with E-state index in [-0.39, 0.29) is 0 Å². The highest BCUT2D eigenvalue weighted by Gasteiger charge is 2.18. The van der Waals surface area contributed by atoms with Crippen molar-refractivity contribution in [2.45, 2.75) is 40.0 Å². The molecule has 0 radical (unpaired) electrons. The summed E-state index contributed by atoms with van der Waals surface area (Å²) in [6.45, 7) is 14.6. The lowest BCUT2D eigenvalue weighted by atomic mass is 10.1. The van der Waals surface area contributed by atoms with Crippen molar-refractivity contribution in [2.75, 3.05) is 32.7 Å². The fraction of sp³-hybridized carbons (Fsp3) is 0.800. The van der Waals surface area contributed by atoms with Crippen LogP contribution in [-0.4, -0.2) is 47.6 Å². The molecule has 1 aliphatic heterocycles. The lowest BCUT2D eigenvalue weighted by Crippen LogP contribution is -2.44. The first kappa shape index (κ1) is 14.5. The van der Waals surface area contributed by atoms with E-state index in [9.17, 15) is 0 Å². The van der Waals surface area contributed by atoms with Crippen molar-refractivity contribution in [3.05, 3.63) is 17.2 Å². The molecule has 0 spiro atoms. The van der Waals surface area contributed by atoms with E-state index in [4.69, 9.17) is 4.98 Å². The monoisotopic (exact) mass is 264 g/mol. The van der Waals surface area contributed by atoms with E-state index in [0.29, 0.717) is 11.8 Å². The van der Waals surface area contributed by atoms with E-state index in [1.807, 2.05) is 0 Å². The third-order valence-electron chi connectivity index (χ3n) is 3.81. The minimum atomic E-state index is 0.484. The maximum Gasteiger partial charge on any atom is 0.110 e. The molecule has 0 aliphatic carbocycles. The van der Waals surface area contributed by atoms with Crippen molar-refractivity contribution in [1.82, 2.24) is 20.2 Å². The van der Waals surface area contributed by atoms with Gasteiger partial charge in [-0.2, -0.15) is 0 Å². The maximum absolute atomic E-state index is 4.82. The van der Waals surface area contributed by atoms with E-state index in [1.165, 1.54) is 11.4 Å². The molecule has 4 nitrogen and oxygen atoms in total. The number of aryl methyl sites for hydroxylation is 1. The van der Waals surface area contributed by atoms with Crippen molar-refractivity contribution in [2.24, 2.45) is 5.92 Å². The highest BCUT2D eigenvalue weighted by Crippen LogP contribution is 2.18. The summed E-state index contributed by atoms with van der Waals surface area (Å²) in [4.78, 5) is 10.8. The number of aromatic nitrogens is 2. The van der Waals surface area contributed by atoms with Crippen LogP contribution >= 0.6 is 0 Å². The van der Waals surface area contributed by atoms with Gasteiger partial charge in [0, 0.05) is 44.3 Å². The van der Waals surface area contributed by atoms with Crippen LogP contribution in [0, 0.1) is 12.8 Å². The molecule has 0 amide bonds. The zero-order valence-corrected chi connectivity index (χ0v) is 12.8. The van der Waals surface area contributed by atoms with Crippen LogP contribution in [0.15, 0.2) is 0 Å². The fourth-order valence-corrected chi connectivity index (χ4v) is 2.71. The highest BCUT2D eigenvalue weighted by atomic mass is 15.2. The van der Waals surface area contributed by atoms with Crippen LogP contribution in [-0.2, 0) is 6.42 Å². The van der Waals surface area contributed by atoms with Gasteiger partial charge in [-0.3, -0.25) is 0 Å². The Hall–Kier alpha value is -0.870. The van der Waals surface area contributed by atoms with Gasteiger partial charge >= 0.3 is 0 Å². The predicted molar refractivity (Wildman–Crippen MR) is 79.6 cm³/mol. The molecule has 1 saturated heterocycles. The van der Waals surface area contributed by atoms with Crippen LogP contribution in [0.25, 0.3) is 0 Å². The van der Waals surface area contributed by atoms with E-state index in [2.05, 4.69) is 42.9 Å². The van der Waals surface area contributed by atoms with E-state index >= 15 is 0 Å². The van der Waals surface area contributed by atoms with Gasteiger partial charge in [0.2, 0.25) is 0 Å². The summed E-state index contributed by atoms with van der Waals surface area (Å²) in [6, 6.07) is 0. The predicted octanol–water partition coefficient (Wildman–Crippen LogP) is 1.93. The summed E-state index contributed by atoms with van der Waals surface area (Å²) in [5, 5.41) is 3.40. The normalized spacial score (nSPS) is 19.0. The van der Waals surface area contributed by atoms with Gasteiger partial charge in [0.1, 0.15) is 5.82 Å². The first-order valence-electron chi connectivity index (χ1n) is 7.54. The Labute approximate surface area is 117 Å². The average Bonchev–Trinajstić information content (AvgIpc) is 2.71. The number of hydrogen-bond donors (Lipinski definition) is 2. The number of nitrogens with zero attached hydrogens (tertiary/aromatic N) is 2. The van der Waals surface area contributed by atoms with Gasteiger partial charge in [-0.05, 0) is 19.3 Å². The van der Waals surface area contributed by atoms with Gasteiger partial charge < -0.3 is 15.2 Å². The van der Waals surface area contributed by atoms with Crippen molar-refractivity contribution in [1.29, 1.82) is 0 Å². The molecule has 108 valence electrons. The Morgan fingerprint density at radius 3 is 2.53 bits per heavy atom. The molecule has 1 aromatic heterocycles. The lowest BCUT2D eigenvalue weighted by molar-refractivity contribution is 0.228. The zero-order chi connectivity index (χ0) is 13.8. The fourth-order valence-electron chi connectivity index (χ4n) is 2.71. The molecule has 2 heterocycles. The Morgan fingerprint density at radius 1 is 1.21 bits per heavy atom. The molecule has 19 heavy (non-hydrogen) atoms. The second-order valence-electron chi connectivity index (χ2n) is 6.24. The molecule has 1 unspecified atom stereocenters. The quantitative estimate of drug-likeness (QED) is 0.854. The number of imidazole rings is 1. The van der Waals surface area contributed by atoms with Crippen LogP contribution in [0.5, 0.6) is 0 Å². The Balaban J connectivity index is 1.96. The number of rotatable bonds is 5. The summed E-state index contributed by atoms with van der Waals surface area (Å²) in [6.07, 6.45) is 1.07. The van der Waals surface area contributed by atoms with Gasteiger partial charge in [0.05, 0.1) is 5.69 Å². The summed E-state index contributed by atoms with van der Waals surface area (Å²) >= 11 is 0. The summed E-state index contributed by atoms with van der Waals surface area (Å²) in [5.74, 6) is 2.31. The summed E-state index contributed by atoms with van der Waals surface area (Å²) in [5.41, 5.74) is 2.49. The van der Waals surface area contributed by atoms with E-state index in [0.717, 1.165) is 45.0 Å². The first-order chi connectivity index (χ1) is 9.06. The van der Waals surface area contributed by atoms with Crippen molar-refractivity contribution in [3.8, 4) is 0 Å². The van der Waals surface area contributed by atoms with Gasteiger partial charge in [-0.25, -0.2) is 4.98 Å². The van der Waals surface area contributed by atoms with Gasteiger partial charge in [0.15, 0.2) is 0 Å². The van der Waals surface area contributed by atoms with Crippen molar-refractivity contribution in [3.63, 3.8) is 0 Å². The molecule has 1 fully saturated rings. The molecular weight excluding hydrogens is 236 g/mol. The molecule has 0 saturated carbocycles. The second-order valence-corrected chi connectivity index (χ2v) is 6.24. The molecule has 1 aromatic rings. The Morgan fingerprint density at radius 2 is 1.89 bits per heavy atom. The minimum Gasteiger partial charge on any atom is -0.346 e. The standard InChI is InChI=1S/C15H28N4/c1-11(2)9-14-13(4)17-15(18-14)12(3)10-19-7-5-16-6-8-19/h11-12,16H,5-10H2,1-4H3,(H,17,18). The zero-order valence-electron chi connectivity index (χ0n) is 12.8. The number of hydrogen-bond acceptors (Lipinski definition) is 3. The van der Waals surface area contributed by atoms with E-state index in [1.54, 1.807) is 0 Å². The van der Waals surface area contributed by atoms with Crippen molar-refractivity contribution < 1.29 is 0 Å². The summed E-state index contributed by atoms with van der Waals surface area (Å²) < 4.78 is 0. The van der Waals surface area contributed by atoms with Crippen LogP contribution in [0.3, 0.4) is 0 Å². The van der Waals surface area contributed by atoms with Crippen LogP contribution < -0.4 is 5.32 Å². The molecule has 0 aromatic carbocycles. The van der Waals surface area contributed by atoms with Crippen LogP contribution in [0.4, 0.5) is 0 Å². The highest BCUT2D eigenvalue weighted by molar-refractivity contribution is 5.15. The maximum atomic E-state index is 4.82. The average molecular weight is 264 g/mol. The number of aromatic amines is 1. The van der Waals surface area contributed by atoms with E-state index < -0.39 is 0 Å². The lowest BCUT2D eigenvalue weighted by Gasteiger charge is -2.29. The van der Waals surface area contributed by atoms with Crippen LogP contribution in [0.1, 0.15) is 43.9 Å². The number of piperazine rings is 1. The molecule has 1 aliphatic rings. The Kier molecular flexibility index (Phi) is 4.99. The molecule has 4 heteroatoms. The first-order valence-corrected chi connectivity index (χ1v) is 7.54. The number of H-pyrrole nitrogens is 1. The van der Waals surface area contributed by atoms with Gasteiger partial charge in [-0.1, -0.05) is 20.8 Å². The second kappa shape index (κ2) is 6.53. The minimum absolute atomic E-state index is 0.484. The molecule has 0 bridgehead atoms. The Bertz CT molecular complexity index is 391. The smallest absolute Gasteiger partial charge is 0.110 e. The largest absolute Gasteiger partial charge is 0.346 e. The van der Waals surface area contributed by atoms with Gasteiger partial charge in [-0.15, -0.1) is 0 Å². The number of nitrogens with one attached hydrogen (secondary N) is 2. The third-order valence-corrected chi connectivity index (χ3v) is 3.81. The third kappa shape index (κ3) is 4.05. The SMILES string of the molecule is Cc1[nH]c(C(C)CN2CCNCC2)nc1CC(C)C. The van der Waals surface area contributed by atoms with Crippen molar-refractivity contribution >= 4 is 0 Å². The van der Waals surface area contributed by atoms with Crippen LogP contribution in [0.2, 0.25) is 0 Å². The van der Waals surface area contributed by atoms with Gasteiger partial charge in [0.25, 0.3) is 0 Å². The summed E-state index contributed by atoms with van der Waals surface area (Å²) in [7, 11) is 0.